The molecule has 27 heavy (non-hydrogen) atoms. The van der Waals surface area contributed by atoms with Gasteiger partial charge < -0.3 is 10.6 Å². The molecule has 6 nitrogen and oxygen atoms in total. The number of anilines is 2. The fourth-order valence-corrected chi connectivity index (χ4v) is 3.28. The minimum atomic E-state index is -0.0796. The Kier molecular flexibility index (Phi) is 6.42. The molecule has 0 bridgehead atoms. The van der Waals surface area contributed by atoms with E-state index < -0.39 is 0 Å². The van der Waals surface area contributed by atoms with Crippen molar-refractivity contribution in [3.05, 3.63) is 53.2 Å². The Morgan fingerprint density at radius 2 is 1.96 bits per heavy atom. The van der Waals surface area contributed by atoms with Crippen LogP contribution in [0.25, 0.3) is 0 Å². The van der Waals surface area contributed by atoms with Crippen molar-refractivity contribution < 1.29 is 9.59 Å². The number of carbonyl (C=O) groups excluding carboxylic acids is 2. The van der Waals surface area contributed by atoms with Crippen LogP contribution in [0, 0.1) is 12.8 Å². The summed E-state index contributed by atoms with van der Waals surface area (Å²) in [6, 6.07) is 10.8. The standard InChI is InChI=1S/C20H23ClN4O2/c1-14-5-6-18(22-12-14)24-20(27)15-7-9-25(10-8-15)13-19(26)23-17-4-2-3-16(21)11-17/h2-6,11-12,15H,7-10,13H2,1H3,(H,23,26)(H,22,24,27). The number of nitrogens with one attached hydrogen (secondary N) is 2. The van der Waals surface area contributed by atoms with E-state index in [9.17, 15) is 9.59 Å². The first-order chi connectivity index (χ1) is 13.0. The Bertz CT molecular complexity index is 802. The summed E-state index contributed by atoms with van der Waals surface area (Å²) in [7, 11) is 0. The fraction of sp³-hybridized carbons (Fsp3) is 0.350. The highest BCUT2D eigenvalue weighted by Crippen LogP contribution is 2.19. The molecular formula is C20H23ClN4O2. The maximum Gasteiger partial charge on any atom is 0.238 e. The Morgan fingerprint density at radius 1 is 1.19 bits per heavy atom. The van der Waals surface area contributed by atoms with Crippen LogP contribution in [0.4, 0.5) is 11.5 Å². The number of halogens is 1. The van der Waals surface area contributed by atoms with Gasteiger partial charge in [-0.05, 0) is 62.7 Å². The van der Waals surface area contributed by atoms with Crippen LogP contribution in [0.5, 0.6) is 0 Å². The second-order valence-electron chi connectivity index (χ2n) is 6.82. The second-order valence-corrected chi connectivity index (χ2v) is 7.26. The predicted molar refractivity (Wildman–Crippen MR) is 107 cm³/mol. The van der Waals surface area contributed by atoms with Crippen LogP contribution in [0.1, 0.15) is 18.4 Å². The molecule has 0 radical (unpaired) electrons. The molecule has 7 heteroatoms. The molecular weight excluding hydrogens is 364 g/mol. The van der Waals surface area contributed by atoms with E-state index in [1.807, 2.05) is 19.1 Å². The van der Waals surface area contributed by atoms with Gasteiger partial charge in [0.15, 0.2) is 0 Å². The van der Waals surface area contributed by atoms with Gasteiger partial charge in [-0.3, -0.25) is 14.5 Å². The third-order valence-electron chi connectivity index (χ3n) is 4.60. The number of carbonyl (C=O) groups is 2. The number of piperidine rings is 1. The molecule has 1 fully saturated rings. The first kappa shape index (κ1) is 19.3. The summed E-state index contributed by atoms with van der Waals surface area (Å²) in [4.78, 5) is 30.9. The van der Waals surface area contributed by atoms with Gasteiger partial charge in [0.05, 0.1) is 6.54 Å². The molecule has 1 aromatic carbocycles. The Balaban J connectivity index is 1.43. The van der Waals surface area contributed by atoms with Gasteiger partial charge in [-0.25, -0.2) is 4.98 Å². The van der Waals surface area contributed by atoms with Gasteiger partial charge in [-0.2, -0.15) is 0 Å². The van der Waals surface area contributed by atoms with Crippen molar-refractivity contribution in [2.75, 3.05) is 30.3 Å². The van der Waals surface area contributed by atoms with Crippen LogP contribution < -0.4 is 10.6 Å². The smallest absolute Gasteiger partial charge is 0.238 e. The van der Waals surface area contributed by atoms with Gasteiger partial charge in [-0.15, -0.1) is 0 Å². The Labute approximate surface area is 163 Å². The zero-order valence-corrected chi connectivity index (χ0v) is 16.0. The zero-order chi connectivity index (χ0) is 19.2. The van der Waals surface area contributed by atoms with E-state index in [0.29, 0.717) is 36.2 Å². The molecule has 2 amide bonds. The summed E-state index contributed by atoms with van der Waals surface area (Å²) >= 11 is 5.93. The normalized spacial score (nSPS) is 15.3. The maximum absolute atomic E-state index is 12.4. The monoisotopic (exact) mass is 386 g/mol. The molecule has 142 valence electrons. The molecule has 0 unspecified atom stereocenters. The number of rotatable bonds is 5. The molecule has 2 aromatic rings. The molecule has 0 saturated carbocycles. The largest absolute Gasteiger partial charge is 0.325 e. The molecule has 2 N–H and O–H groups in total. The highest BCUT2D eigenvalue weighted by molar-refractivity contribution is 6.30. The van der Waals surface area contributed by atoms with Gasteiger partial charge in [-0.1, -0.05) is 23.7 Å². The van der Waals surface area contributed by atoms with Crippen LogP contribution >= 0.6 is 11.6 Å². The first-order valence-electron chi connectivity index (χ1n) is 9.01. The lowest BCUT2D eigenvalue weighted by atomic mass is 9.96. The first-order valence-corrected chi connectivity index (χ1v) is 9.39. The lowest BCUT2D eigenvalue weighted by molar-refractivity contribution is -0.121. The van der Waals surface area contributed by atoms with Gasteiger partial charge in [0.2, 0.25) is 11.8 Å². The molecule has 0 atom stereocenters. The minimum absolute atomic E-state index is 0.00520. The van der Waals surface area contributed by atoms with E-state index in [2.05, 4.69) is 20.5 Å². The van der Waals surface area contributed by atoms with Crippen molar-refractivity contribution >= 4 is 34.9 Å². The molecule has 1 aliphatic heterocycles. The summed E-state index contributed by atoms with van der Waals surface area (Å²) in [5.74, 6) is 0.438. The number of benzene rings is 1. The highest BCUT2D eigenvalue weighted by atomic mass is 35.5. The summed E-state index contributed by atoms with van der Waals surface area (Å²) in [6.07, 6.45) is 3.18. The maximum atomic E-state index is 12.4. The van der Waals surface area contributed by atoms with Crippen molar-refractivity contribution in [1.82, 2.24) is 9.88 Å². The van der Waals surface area contributed by atoms with Crippen molar-refractivity contribution in [2.45, 2.75) is 19.8 Å². The Hall–Kier alpha value is -2.44. The molecule has 1 aromatic heterocycles. The summed E-state index contributed by atoms with van der Waals surface area (Å²) in [5, 5.41) is 6.31. The van der Waals surface area contributed by atoms with E-state index in [-0.39, 0.29) is 17.7 Å². The molecule has 0 aliphatic carbocycles. The number of aromatic nitrogens is 1. The third-order valence-corrected chi connectivity index (χ3v) is 4.83. The highest BCUT2D eigenvalue weighted by Gasteiger charge is 2.26. The number of likely N-dealkylation sites (tertiary alicyclic amines) is 1. The molecule has 3 rings (SSSR count). The van der Waals surface area contributed by atoms with Crippen LogP contribution in [0.2, 0.25) is 5.02 Å². The SMILES string of the molecule is Cc1ccc(NC(=O)C2CCN(CC(=O)Nc3cccc(Cl)c3)CC2)nc1. The molecule has 2 heterocycles. The van der Waals surface area contributed by atoms with Gasteiger partial charge in [0, 0.05) is 22.8 Å². The van der Waals surface area contributed by atoms with Crippen molar-refractivity contribution in [3.63, 3.8) is 0 Å². The van der Waals surface area contributed by atoms with E-state index in [1.54, 1.807) is 30.5 Å². The van der Waals surface area contributed by atoms with Crippen LogP contribution in [0.3, 0.4) is 0 Å². The van der Waals surface area contributed by atoms with E-state index in [1.165, 1.54) is 0 Å². The fourth-order valence-electron chi connectivity index (χ4n) is 3.09. The van der Waals surface area contributed by atoms with Crippen molar-refractivity contribution in [3.8, 4) is 0 Å². The predicted octanol–water partition coefficient (Wildman–Crippen LogP) is 3.33. The average Bonchev–Trinajstić information content (AvgIpc) is 2.64. The molecule has 1 saturated heterocycles. The van der Waals surface area contributed by atoms with Gasteiger partial charge in [0.1, 0.15) is 5.82 Å². The average molecular weight is 387 g/mol. The van der Waals surface area contributed by atoms with Gasteiger partial charge >= 0.3 is 0 Å². The van der Waals surface area contributed by atoms with Crippen LogP contribution in [0.15, 0.2) is 42.6 Å². The van der Waals surface area contributed by atoms with Crippen molar-refractivity contribution in [1.29, 1.82) is 0 Å². The number of nitrogens with zero attached hydrogens (tertiary/aromatic N) is 2. The summed E-state index contributed by atoms with van der Waals surface area (Å²) < 4.78 is 0. The van der Waals surface area contributed by atoms with E-state index >= 15 is 0 Å². The number of hydrogen-bond acceptors (Lipinski definition) is 4. The quantitative estimate of drug-likeness (QED) is 0.826. The second kappa shape index (κ2) is 8.97. The lowest BCUT2D eigenvalue weighted by Crippen LogP contribution is -2.41. The summed E-state index contributed by atoms with van der Waals surface area (Å²) in [6.45, 7) is 3.68. The number of amides is 2. The Morgan fingerprint density at radius 3 is 2.63 bits per heavy atom. The topological polar surface area (TPSA) is 74.3 Å². The van der Waals surface area contributed by atoms with Crippen LogP contribution in [-0.4, -0.2) is 41.3 Å². The lowest BCUT2D eigenvalue weighted by Gasteiger charge is -2.30. The van der Waals surface area contributed by atoms with Crippen LogP contribution in [-0.2, 0) is 9.59 Å². The number of hydrogen-bond donors (Lipinski definition) is 2. The number of pyridine rings is 1. The number of aryl methyl sites for hydroxylation is 1. The van der Waals surface area contributed by atoms with Crippen molar-refractivity contribution in [2.24, 2.45) is 5.92 Å². The van der Waals surface area contributed by atoms with E-state index in [0.717, 1.165) is 18.4 Å². The third kappa shape index (κ3) is 5.77. The molecule has 1 aliphatic rings. The van der Waals surface area contributed by atoms with E-state index in [4.69, 9.17) is 11.6 Å². The van der Waals surface area contributed by atoms with Gasteiger partial charge in [0.25, 0.3) is 0 Å². The molecule has 0 spiro atoms. The summed E-state index contributed by atoms with van der Waals surface area (Å²) in [5.41, 5.74) is 1.74. The minimum Gasteiger partial charge on any atom is -0.325 e. The zero-order valence-electron chi connectivity index (χ0n) is 15.2.